The molecule has 1 aromatic heterocycles. The third-order valence-electron chi connectivity index (χ3n) is 5.05. The highest BCUT2D eigenvalue weighted by molar-refractivity contribution is 6.00. The second-order valence-corrected chi connectivity index (χ2v) is 9.37. The number of hydrogen-bond donors (Lipinski definition) is 2. The van der Waals surface area contributed by atoms with Crippen molar-refractivity contribution in [2.24, 2.45) is 5.92 Å². The van der Waals surface area contributed by atoms with E-state index < -0.39 is 11.6 Å². The molecule has 2 heterocycles. The van der Waals surface area contributed by atoms with Gasteiger partial charge in [0.15, 0.2) is 5.82 Å². The van der Waals surface area contributed by atoms with E-state index >= 15 is 0 Å². The highest BCUT2D eigenvalue weighted by Crippen LogP contribution is 2.28. The minimum Gasteiger partial charge on any atom is -0.491 e. The van der Waals surface area contributed by atoms with E-state index in [1.807, 2.05) is 52.8 Å². The predicted molar refractivity (Wildman–Crippen MR) is 127 cm³/mol. The first-order chi connectivity index (χ1) is 15.6. The lowest BCUT2D eigenvalue weighted by Crippen LogP contribution is -2.44. The number of hydrogen-bond acceptors (Lipinski definition) is 6. The first kappa shape index (κ1) is 24.3. The minimum absolute atomic E-state index is 0.178. The highest BCUT2D eigenvalue weighted by atomic mass is 16.6. The van der Waals surface area contributed by atoms with Gasteiger partial charge in [0.2, 0.25) is 0 Å². The van der Waals surface area contributed by atoms with Crippen molar-refractivity contribution in [3.05, 3.63) is 41.9 Å². The standard InChI is InChI=1S/C24H33N5O4/c1-16-8-9-20(19(11-16)27-22(30)28-21-13-25-17(2)12-26-21)32-15-18-7-6-10-29(14-18)23(31)33-24(3,4)5/h8-9,11-13,18H,6-7,10,14-15H2,1-5H3,(H2,26,27,28,30). The average Bonchev–Trinajstić information content (AvgIpc) is 2.74. The van der Waals surface area contributed by atoms with Gasteiger partial charge in [-0.3, -0.25) is 10.3 Å². The molecule has 1 saturated heterocycles. The first-order valence-corrected chi connectivity index (χ1v) is 11.2. The van der Waals surface area contributed by atoms with Crippen molar-refractivity contribution in [3.8, 4) is 5.75 Å². The fourth-order valence-corrected chi connectivity index (χ4v) is 3.50. The summed E-state index contributed by atoms with van der Waals surface area (Å²) < 4.78 is 11.6. The van der Waals surface area contributed by atoms with Gasteiger partial charge in [0.25, 0.3) is 0 Å². The van der Waals surface area contributed by atoms with Crippen LogP contribution < -0.4 is 15.4 Å². The van der Waals surface area contributed by atoms with Crippen molar-refractivity contribution in [1.29, 1.82) is 0 Å². The van der Waals surface area contributed by atoms with Crippen LogP contribution in [0.1, 0.15) is 44.9 Å². The molecular weight excluding hydrogens is 422 g/mol. The molecule has 33 heavy (non-hydrogen) atoms. The van der Waals surface area contributed by atoms with Gasteiger partial charge >= 0.3 is 12.1 Å². The Morgan fingerprint density at radius 3 is 2.64 bits per heavy atom. The molecule has 0 saturated carbocycles. The smallest absolute Gasteiger partial charge is 0.410 e. The van der Waals surface area contributed by atoms with Crippen LogP contribution in [0.3, 0.4) is 0 Å². The summed E-state index contributed by atoms with van der Waals surface area (Å²) in [5, 5.41) is 5.50. The number of rotatable bonds is 5. The van der Waals surface area contributed by atoms with Gasteiger partial charge in [-0.05, 0) is 65.2 Å². The molecule has 2 aromatic rings. The monoisotopic (exact) mass is 455 g/mol. The van der Waals surface area contributed by atoms with E-state index in [1.54, 1.807) is 11.1 Å². The van der Waals surface area contributed by atoms with Gasteiger partial charge in [-0.15, -0.1) is 0 Å². The normalized spacial score (nSPS) is 16.2. The van der Waals surface area contributed by atoms with Crippen molar-refractivity contribution in [3.63, 3.8) is 0 Å². The molecule has 1 aliphatic heterocycles. The number of piperidine rings is 1. The van der Waals surface area contributed by atoms with Gasteiger partial charge < -0.3 is 19.7 Å². The molecular formula is C24H33N5O4. The second kappa shape index (κ2) is 10.5. The molecule has 3 rings (SSSR count). The summed E-state index contributed by atoms with van der Waals surface area (Å²) in [4.78, 5) is 34.9. The van der Waals surface area contributed by atoms with E-state index in [2.05, 4.69) is 20.6 Å². The van der Waals surface area contributed by atoms with E-state index in [9.17, 15) is 9.59 Å². The van der Waals surface area contributed by atoms with E-state index in [0.717, 1.165) is 24.1 Å². The van der Waals surface area contributed by atoms with Crippen molar-refractivity contribution >= 4 is 23.6 Å². The van der Waals surface area contributed by atoms with E-state index in [1.165, 1.54) is 6.20 Å². The lowest BCUT2D eigenvalue weighted by Gasteiger charge is -2.34. The van der Waals surface area contributed by atoms with Crippen LogP contribution in [0.5, 0.6) is 5.75 Å². The van der Waals surface area contributed by atoms with Gasteiger partial charge in [-0.1, -0.05) is 6.07 Å². The minimum atomic E-state index is -0.520. The van der Waals surface area contributed by atoms with Crippen molar-refractivity contribution in [2.75, 3.05) is 30.3 Å². The molecule has 0 bridgehead atoms. The molecule has 1 aliphatic rings. The van der Waals surface area contributed by atoms with Crippen LogP contribution in [0.25, 0.3) is 0 Å². The number of benzene rings is 1. The number of carbonyl (C=O) groups is 2. The Morgan fingerprint density at radius 2 is 1.94 bits per heavy atom. The lowest BCUT2D eigenvalue weighted by molar-refractivity contribution is 0.0139. The molecule has 1 fully saturated rings. The Hall–Kier alpha value is -3.36. The highest BCUT2D eigenvalue weighted by Gasteiger charge is 2.28. The Morgan fingerprint density at radius 1 is 1.15 bits per heavy atom. The maximum Gasteiger partial charge on any atom is 0.410 e. The summed E-state index contributed by atoms with van der Waals surface area (Å²) in [5.74, 6) is 1.11. The Bertz CT molecular complexity index is 972. The zero-order chi connectivity index (χ0) is 24.0. The van der Waals surface area contributed by atoms with Crippen LogP contribution in [-0.2, 0) is 4.74 Å². The van der Waals surface area contributed by atoms with Crippen LogP contribution in [0.15, 0.2) is 30.6 Å². The topological polar surface area (TPSA) is 106 Å². The van der Waals surface area contributed by atoms with Crippen LogP contribution >= 0.6 is 0 Å². The number of ether oxygens (including phenoxy) is 2. The van der Waals surface area contributed by atoms with Crippen LogP contribution in [0, 0.1) is 19.8 Å². The Balaban J connectivity index is 1.59. The van der Waals surface area contributed by atoms with Gasteiger partial charge in [-0.25, -0.2) is 14.6 Å². The summed E-state index contributed by atoms with van der Waals surface area (Å²) in [6.07, 6.45) is 4.65. The fourth-order valence-electron chi connectivity index (χ4n) is 3.50. The molecule has 9 nitrogen and oxygen atoms in total. The predicted octanol–water partition coefficient (Wildman–Crippen LogP) is 4.76. The van der Waals surface area contributed by atoms with Gasteiger partial charge in [0.05, 0.1) is 30.4 Å². The molecule has 0 radical (unpaired) electrons. The largest absolute Gasteiger partial charge is 0.491 e. The molecule has 0 aliphatic carbocycles. The lowest BCUT2D eigenvalue weighted by atomic mass is 9.99. The van der Waals surface area contributed by atoms with Crippen LogP contribution in [-0.4, -0.2) is 52.3 Å². The SMILES string of the molecule is Cc1ccc(OCC2CCCN(C(=O)OC(C)(C)C)C2)c(NC(=O)Nc2cnc(C)cn2)c1. The van der Waals surface area contributed by atoms with Crippen LogP contribution in [0.2, 0.25) is 0 Å². The molecule has 0 spiro atoms. The first-order valence-electron chi connectivity index (χ1n) is 11.2. The number of aryl methyl sites for hydroxylation is 2. The number of nitrogens with one attached hydrogen (secondary N) is 2. The number of likely N-dealkylation sites (tertiary alicyclic amines) is 1. The number of amides is 3. The number of urea groups is 1. The molecule has 178 valence electrons. The summed E-state index contributed by atoms with van der Waals surface area (Å²) in [5.41, 5.74) is 1.80. The molecule has 3 amide bonds. The van der Waals surface area contributed by atoms with Crippen molar-refractivity contribution < 1.29 is 19.1 Å². The third-order valence-corrected chi connectivity index (χ3v) is 5.05. The molecule has 1 unspecified atom stereocenters. The number of aromatic nitrogens is 2. The number of carbonyl (C=O) groups excluding carboxylic acids is 2. The van der Waals surface area contributed by atoms with Gasteiger partial charge in [-0.2, -0.15) is 0 Å². The molecule has 9 heteroatoms. The summed E-state index contributed by atoms with van der Waals surface area (Å²) in [6, 6.07) is 5.18. The molecule has 2 N–H and O–H groups in total. The van der Waals surface area contributed by atoms with Crippen molar-refractivity contribution in [1.82, 2.24) is 14.9 Å². The second-order valence-electron chi connectivity index (χ2n) is 9.37. The summed E-state index contributed by atoms with van der Waals surface area (Å²) >= 11 is 0. The zero-order valence-corrected chi connectivity index (χ0v) is 20.0. The van der Waals surface area contributed by atoms with Gasteiger partial charge in [0.1, 0.15) is 11.4 Å². The third kappa shape index (κ3) is 7.62. The Labute approximate surface area is 194 Å². The van der Waals surface area contributed by atoms with E-state index in [-0.39, 0.29) is 12.0 Å². The molecule has 1 atom stereocenters. The zero-order valence-electron chi connectivity index (χ0n) is 20.0. The average molecular weight is 456 g/mol. The number of anilines is 2. The molecule has 1 aromatic carbocycles. The van der Waals surface area contributed by atoms with Crippen molar-refractivity contribution in [2.45, 2.75) is 53.1 Å². The maximum absolute atomic E-state index is 12.5. The van der Waals surface area contributed by atoms with Crippen LogP contribution in [0.4, 0.5) is 21.1 Å². The summed E-state index contributed by atoms with van der Waals surface area (Å²) in [7, 11) is 0. The maximum atomic E-state index is 12.5. The number of nitrogens with zero attached hydrogens (tertiary/aromatic N) is 3. The van der Waals surface area contributed by atoms with E-state index in [0.29, 0.717) is 37.0 Å². The Kier molecular flexibility index (Phi) is 7.73. The quantitative estimate of drug-likeness (QED) is 0.673. The fraction of sp³-hybridized carbons (Fsp3) is 0.500. The van der Waals surface area contributed by atoms with Gasteiger partial charge in [0, 0.05) is 19.0 Å². The summed E-state index contributed by atoms with van der Waals surface area (Å²) in [6.45, 7) is 11.1. The van der Waals surface area contributed by atoms with E-state index in [4.69, 9.17) is 9.47 Å².